The molecule has 0 bridgehead atoms. The van der Waals surface area contributed by atoms with Gasteiger partial charge in [0, 0.05) is 21.6 Å². The van der Waals surface area contributed by atoms with Crippen LogP contribution in [0.3, 0.4) is 0 Å². The van der Waals surface area contributed by atoms with Crippen molar-refractivity contribution in [2.45, 2.75) is 17.6 Å². The molecule has 0 aliphatic carbocycles. The Hall–Kier alpha value is -2.29. The second-order valence-corrected chi connectivity index (χ2v) is 10.2. The van der Waals surface area contributed by atoms with E-state index in [1.807, 2.05) is 12.1 Å². The fourth-order valence-corrected chi connectivity index (χ4v) is 4.90. The van der Waals surface area contributed by atoms with Crippen molar-refractivity contribution in [2.75, 3.05) is 15.8 Å². The first-order chi connectivity index (χ1) is 14.3. The monoisotopic (exact) mass is 504 g/mol. The van der Waals surface area contributed by atoms with E-state index in [2.05, 4.69) is 45.0 Å². The van der Waals surface area contributed by atoms with Gasteiger partial charge in [-0.3, -0.25) is 9.52 Å². The van der Waals surface area contributed by atoms with Crippen LogP contribution < -0.4 is 10.0 Å². The van der Waals surface area contributed by atoms with Crippen molar-refractivity contribution in [1.29, 1.82) is 0 Å². The molecule has 156 valence electrons. The summed E-state index contributed by atoms with van der Waals surface area (Å²) in [5.74, 6) is 0.954. The molecule has 0 spiro atoms. The van der Waals surface area contributed by atoms with E-state index in [9.17, 15) is 13.2 Å². The van der Waals surface area contributed by atoms with E-state index in [1.165, 1.54) is 35.0 Å². The molecule has 3 aromatic rings. The summed E-state index contributed by atoms with van der Waals surface area (Å²) in [6.45, 7) is 2.05. The standard InChI is InChI=1S/C22H21BrN2O3S2/c1-16-4-2-3-5-17(16)14-29-15-22(26)24-19-10-12-21(13-11-19)30(27,28)25-20-8-6-18(23)7-9-20/h2-13,25H,14-15H2,1H3,(H,24,26). The molecule has 30 heavy (non-hydrogen) atoms. The van der Waals surface area contributed by atoms with Crippen molar-refractivity contribution >= 4 is 55.0 Å². The highest BCUT2D eigenvalue weighted by Crippen LogP contribution is 2.21. The van der Waals surface area contributed by atoms with Gasteiger partial charge in [-0.2, -0.15) is 0 Å². The number of thioether (sulfide) groups is 1. The Bertz CT molecular complexity index is 1120. The Kier molecular flexibility index (Phi) is 7.58. The zero-order valence-electron chi connectivity index (χ0n) is 16.3. The predicted octanol–water partition coefficient (Wildman–Crippen LogP) is 5.43. The Morgan fingerprint density at radius 3 is 2.23 bits per heavy atom. The molecule has 0 radical (unpaired) electrons. The number of halogens is 1. The molecule has 0 heterocycles. The van der Waals surface area contributed by atoms with Gasteiger partial charge in [0.05, 0.1) is 10.6 Å². The first-order valence-corrected chi connectivity index (χ1v) is 12.6. The molecule has 3 rings (SSSR count). The molecule has 0 fully saturated rings. The molecule has 8 heteroatoms. The smallest absolute Gasteiger partial charge is 0.261 e. The van der Waals surface area contributed by atoms with Crippen molar-refractivity contribution in [3.8, 4) is 0 Å². The maximum Gasteiger partial charge on any atom is 0.261 e. The first-order valence-electron chi connectivity index (χ1n) is 9.14. The molecular formula is C22H21BrN2O3S2. The lowest BCUT2D eigenvalue weighted by Crippen LogP contribution is -2.15. The average Bonchev–Trinajstić information content (AvgIpc) is 2.71. The Labute approximate surface area is 189 Å². The van der Waals surface area contributed by atoms with Gasteiger partial charge in [-0.15, -0.1) is 11.8 Å². The van der Waals surface area contributed by atoms with Gasteiger partial charge in [0.25, 0.3) is 10.0 Å². The second kappa shape index (κ2) is 10.1. The van der Waals surface area contributed by atoms with Crippen LogP contribution in [0.5, 0.6) is 0 Å². The van der Waals surface area contributed by atoms with Crippen molar-refractivity contribution in [3.05, 3.63) is 88.4 Å². The van der Waals surface area contributed by atoms with Gasteiger partial charge >= 0.3 is 0 Å². The van der Waals surface area contributed by atoms with Crippen molar-refractivity contribution < 1.29 is 13.2 Å². The van der Waals surface area contributed by atoms with Crippen LogP contribution in [0.2, 0.25) is 0 Å². The Morgan fingerprint density at radius 1 is 0.933 bits per heavy atom. The van der Waals surface area contributed by atoms with E-state index in [4.69, 9.17) is 0 Å². The van der Waals surface area contributed by atoms with Crippen LogP contribution in [0.1, 0.15) is 11.1 Å². The first kappa shape index (κ1) is 22.4. The van der Waals surface area contributed by atoms with Gasteiger partial charge in [0.1, 0.15) is 0 Å². The van der Waals surface area contributed by atoms with Gasteiger partial charge in [0.2, 0.25) is 5.91 Å². The third-order valence-electron chi connectivity index (χ3n) is 4.30. The molecule has 5 nitrogen and oxygen atoms in total. The van der Waals surface area contributed by atoms with Crippen LogP contribution in [-0.2, 0) is 20.6 Å². The predicted molar refractivity (Wildman–Crippen MR) is 127 cm³/mol. The SMILES string of the molecule is Cc1ccccc1CSCC(=O)Nc1ccc(S(=O)(=O)Nc2ccc(Br)cc2)cc1. The number of carbonyl (C=O) groups excluding carboxylic acids is 1. The number of benzene rings is 3. The summed E-state index contributed by atoms with van der Waals surface area (Å²) in [5.41, 5.74) is 3.45. The highest BCUT2D eigenvalue weighted by molar-refractivity contribution is 9.10. The highest BCUT2D eigenvalue weighted by Gasteiger charge is 2.14. The number of sulfonamides is 1. The quantitative estimate of drug-likeness (QED) is 0.428. The Morgan fingerprint density at radius 2 is 1.57 bits per heavy atom. The van der Waals surface area contributed by atoms with Crippen LogP contribution in [0.25, 0.3) is 0 Å². The molecular weight excluding hydrogens is 484 g/mol. The molecule has 0 saturated carbocycles. The summed E-state index contributed by atoms with van der Waals surface area (Å²) in [4.78, 5) is 12.3. The minimum Gasteiger partial charge on any atom is -0.325 e. The molecule has 2 N–H and O–H groups in total. The number of hydrogen-bond acceptors (Lipinski definition) is 4. The van der Waals surface area contributed by atoms with E-state index in [1.54, 1.807) is 36.4 Å². The number of hydrogen-bond donors (Lipinski definition) is 2. The topological polar surface area (TPSA) is 75.3 Å². The van der Waals surface area contributed by atoms with Gasteiger partial charge in [-0.25, -0.2) is 8.42 Å². The van der Waals surface area contributed by atoms with Crippen LogP contribution in [0.4, 0.5) is 11.4 Å². The van der Waals surface area contributed by atoms with Crippen LogP contribution in [0, 0.1) is 6.92 Å². The largest absolute Gasteiger partial charge is 0.325 e. The van der Waals surface area contributed by atoms with Gasteiger partial charge in [-0.05, 0) is 66.6 Å². The summed E-state index contributed by atoms with van der Waals surface area (Å²) in [7, 11) is -3.70. The zero-order chi connectivity index (χ0) is 21.6. The number of rotatable bonds is 8. The number of nitrogens with one attached hydrogen (secondary N) is 2. The van der Waals surface area contributed by atoms with E-state index in [-0.39, 0.29) is 10.8 Å². The summed E-state index contributed by atoms with van der Waals surface area (Å²) in [6, 6.07) is 21.1. The number of amides is 1. The minimum atomic E-state index is -3.70. The van der Waals surface area contributed by atoms with E-state index >= 15 is 0 Å². The molecule has 0 aliphatic rings. The molecule has 0 saturated heterocycles. The van der Waals surface area contributed by atoms with Gasteiger partial charge in [0.15, 0.2) is 0 Å². The van der Waals surface area contributed by atoms with Crippen molar-refractivity contribution in [3.63, 3.8) is 0 Å². The van der Waals surface area contributed by atoms with Gasteiger partial charge in [-0.1, -0.05) is 40.2 Å². The third kappa shape index (κ3) is 6.35. The third-order valence-corrected chi connectivity index (χ3v) is 7.20. The van der Waals surface area contributed by atoms with E-state index in [0.717, 1.165) is 10.2 Å². The van der Waals surface area contributed by atoms with E-state index in [0.29, 0.717) is 17.1 Å². The molecule has 1 amide bonds. The van der Waals surface area contributed by atoms with Crippen LogP contribution in [0.15, 0.2) is 82.2 Å². The van der Waals surface area contributed by atoms with Crippen molar-refractivity contribution in [2.24, 2.45) is 0 Å². The lowest BCUT2D eigenvalue weighted by atomic mass is 10.1. The van der Waals surface area contributed by atoms with Crippen LogP contribution in [-0.4, -0.2) is 20.1 Å². The van der Waals surface area contributed by atoms with Crippen LogP contribution >= 0.6 is 27.7 Å². The molecule has 0 unspecified atom stereocenters. The Balaban J connectivity index is 1.54. The lowest BCUT2D eigenvalue weighted by molar-refractivity contribution is -0.113. The maximum atomic E-state index is 12.5. The zero-order valence-corrected chi connectivity index (χ0v) is 19.5. The molecule has 0 aromatic heterocycles. The minimum absolute atomic E-state index is 0.123. The van der Waals surface area contributed by atoms with E-state index < -0.39 is 10.0 Å². The lowest BCUT2D eigenvalue weighted by Gasteiger charge is -2.10. The maximum absolute atomic E-state index is 12.5. The number of aryl methyl sites for hydroxylation is 1. The summed E-state index contributed by atoms with van der Waals surface area (Å²) < 4.78 is 28.4. The fourth-order valence-electron chi connectivity index (χ4n) is 2.67. The summed E-state index contributed by atoms with van der Waals surface area (Å²) >= 11 is 4.85. The van der Waals surface area contributed by atoms with Crippen molar-refractivity contribution in [1.82, 2.24) is 0 Å². The fraction of sp³-hybridized carbons (Fsp3) is 0.136. The average molecular weight is 505 g/mol. The number of carbonyl (C=O) groups is 1. The molecule has 0 atom stereocenters. The molecule has 3 aromatic carbocycles. The summed E-state index contributed by atoms with van der Waals surface area (Å²) in [6.07, 6.45) is 0. The number of anilines is 2. The van der Waals surface area contributed by atoms with Gasteiger partial charge < -0.3 is 5.32 Å². The highest BCUT2D eigenvalue weighted by atomic mass is 79.9. The normalized spacial score (nSPS) is 11.1. The molecule has 0 aliphatic heterocycles. The summed E-state index contributed by atoms with van der Waals surface area (Å²) in [5, 5.41) is 2.80. The second-order valence-electron chi connectivity index (χ2n) is 6.60.